The zero-order valence-corrected chi connectivity index (χ0v) is 14.7. The van der Waals surface area contributed by atoms with Crippen LogP contribution in [0.25, 0.3) is 0 Å². The summed E-state index contributed by atoms with van der Waals surface area (Å²) in [6.07, 6.45) is 3.01. The second kappa shape index (κ2) is 9.19. The maximum absolute atomic E-state index is 12.0. The van der Waals surface area contributed by atoms with Gasteiger partial charge in [-0.05, 0) is 12.8 Å². The molecule has 3 N–H and O–H groups in total. The molecular weight excluding hydrogens is 329 g/mol. The van der Waals surface area contributed by atoms with Crippen LogP contribution in [0.15, 0.2) is 6.20 Å². The highest BCUT2D eigenvalue weighted by molar-refractivity contribution is 5.85. The third kappa shape index (κ3) is 4.74. The van der Waals surface area contributed by atoms with Crippen molar-refractivity contribution in [2.45, 2.75) is 31.6 Å². The van der Waals surface area contributed by atoms with Gasteiger partial charge in [0.2, 0.25) is 11.9 Å². The van der Waals surface area contributed by atoms with Crippen LogP contribution in [0.1, 0.15) is 18.5 Å². The van der Waals surface area contributed by atoms with E-state index in [4.69, 9.17) is 10.5 Å². The van der Waals surface area contributed by atoms with Crippen LogP contribution in [0.5, 0.6) is 0 Å². The van der Waals surface area contributed by atoms with E-state index >= 15 is 0 Å². The van der Waals surface area contributed by atoms with Crippen molar-refractivity contribution < 1.29 is 9.53 Å². The topological polar surface area (TPSA) is 85.4 Å². The molecule has 22 heavy (non-hydrogen) atoms. The fraction of sp³-hybridized carbons (Fsp3) is 0.692. The molecule has 128 valence electrons. The fourth-order valence-electron chi connectivity index (χ4n) is 2.38. The maximum atomic E-state index is 12.0. The molecule has 0 aromatic carbocycles. The highest BCUT2D eigenvalue weighted by Crippen LogP contribution is 2.19. The van der Waals surface area contributed by atoms with E-state index in [1.165, 1.54) is 0 Å². The number of aromatic nitrogens is 2. The van der Waals surface area contributed by atoms with Crippen molar-refractivity contribution in [2.24, 2.45) is 12.8 Å². The predicted molar refractivity (Wildman–Crippen MR) is 90.8 cm³/mol. The minimum atomic E-state index is -0.370. The van der Waals surface area contributed by atoms with E-state index < -0.39 is 0 Å². The van der Waals surface area contributed by atoms with Gasteiger partial charge < -0.3 is 25.3 Å². The summed E-state index contributed by atoms with van der Waals surface area (Å²) in [5, 5.41) is 2.89. The number of imidazole rings is 1. The second-order valence-corrected chi connectivity index (χ2v) is 5.28. The van der Waals surface area contributed by atoms with E-state index in [-0.39, 0.29) is 42.9 Å². The lowest BCUT2D eigenvalue weighted by atomic mass is 10.2. The molecule has 2 atom stereocenters. The molecule has 1 aromatic heterocycles. The monoisotopic (exact) mass is 353 g/mol. The summed E-state index contributed by atoms with van der Waals surface area (Å²) in [6.45, 7) is 0.918. The summed E-state index contributed by atoms with van der Waals surface area (Å²) in [5.74, 6) is 0.781. The van der Waals surface area contributed by atoms with E-state index in [0.29, 0.717) is 13.1 Å². The van der Waals surface area contributed by atoms with Gasteiger partial charge in [-0.25, -0.2) is 4.98 Å². The van der Waals surface area contributed by atoms with Gasteiger partial charge in [-0.3, -0.25) is 4.79 Å². The van der Waals surface area contributed by atoms with Gasteiger partial charge in [0, 0.05) is 27.7 Å². The van der Waals surface area contributed by atoms with Gasteiger partial charge in [-0.2, -0.15) is 0 Å². The summed E-state index contributed by atoms with van der Waals surface area (Å²) >= 11 is 0. The molecule has 2 heterocycles. The lowest BCUT2D eigenvalue weighted by Crippen LogP contribution is -2.35. The van der Waals surface area contributed by atoms with Crippen LogP contribution in [-0.2, 0) is 23.1 Å². The molecule has 0 radical (unpaired) electrons. The largest absolute Gasteiger partial charge is 0.364 e. The highest BCUT2D eigenvalue weighted by atomic mass is 35.5. The molecule has 0 saturated carbocycles. The Labute approximate surface area is 143 Å². The molecular formula is C13H25Cl2N5O2. The van der Waals surface area contributed by atoms with Gasteiger partial charge in [0.15, 0.2) is 0 Å². The second-order valence-electron chi connectivity index (χ2n) is 5.28. The number of halogens is 2. The van der Waals surface area contributed by atoms with Gasteiger partial charge in [-0.1, -0.05) is 0 Å². The molecule has 0 bridgehead atoms. The number of nitrogens with zero attached hydrogens (tertiary/aromatic N) is 3. The van der Waals surface area contributed by atoms with Crippen LogP contribution in [0, 0.1) is 0 Å². The number of carbonyl (C=O) groups excluding carboxylic acids is 1. The highest BCUT2D eigenvalue weighted by Gasteiger charge is 2.29. The molecule has 1 aromatic rings. The third-order valence-corrected chi connectivity index (χ3v) is 3.57. The fourth-order valence-corrected chi connectivity index (χ4v) is 2.38. The summed E-state index contributed by atoms with van der Waals surface area (Å²) in [4.78, 5) is 18.2. The number of rotatable bonds is 5. The standard InChI is InChI=1S/C13H23N5O2.2ClH/c1-17(2)13-16-8-9(18(13)3)7-15-12(19)11-5-4-10(6-14)20-11;;/h8,10-11H,4-7,14H2,1-3H3,(H,15,19);2*1H/t10-,11+;;/m1../s1. The van der Waals surface area contributed by atoms with Crippen molar-refractivity contribution in [3.63, 3.8) is 0 Å². The van der Waals surface area contributed by atoms with E-state index in [1.54, 1.807) is 6.20 Å². The van der Waals surface area contributed by atoms with Gasteiger partial charge in [0.1, 0.15) is 6.10 Å². The van der Waals surface area contributed by atoms with E-state index in [9.17, 15) is 4.79 Å². The molecule has 0 aliphatic carbocycles. The number of carbonyl (C=O) groups is 1. The van der Waals surface area contributed by atoms with Crippen LogP contribution in [0.4, 0.5) is 5.95 Å². The Balaban J connectivity index is 0.00000220. The Kier molecular flexibility index (Phi) is 8.77. The summed E-state index contributed by atoms with van der Waals surface area (Å²) in [6, 6.07) is 0. The Hall–Kier alpha value is -1.02. The van der Waals surface area contributed by atoms with Crippen molar-refractivity contribution in [2.75, 3.05) is 25.5 Å². The number of hydrogen-bond acceptors (Lipinski definition) is 5. The summed E-state index contributed by atoms with van der Waals surface area (Å²) < 4.78 is 7.52. The van der Waals surface area contributed by atoms with Crippen LogP contribution >= 0.6 is 24.8 Å². The quantitative estimate of drug-likeness (QED) is 0.802. The Morgan fingerprint density at radius 2 is 2.18 bits per heavy atom. The molecule has 7 nitrogen and oxygen atoms in total. The third-order valence-electron chi connectivity index (χ3n) is 3.57. The Morgan fingerprint density at radius 3 is 2.68 bits per heavy atom. The minimum Gasteiger partial charge on any atom is -0.364 e. The Morgan fingerprint density at radius 1 is 1.50 bits per heavy atom. The van der Waals surface area contributed by atoms with Crippen molar-refractivity contribution in [3.8, 4) is 0 Å². The lowest BCUT2D eigenvalue weighted by molar-refractivity contribution is -0.132. The van der Waals surface area contributed by atoms with Gasteiger partial charge in [-0.15, -0.1) is 24.8 Å². The van der Waals surface area contributed by atoms with Crippen molar-refractivity contribution in [1.82, 2.24) is 14.9 Å². The first kappa shape index (κ1) is 21.0. The number of nitrogens with one attached hydrogen (secondary N) is 1. The molecule has 2 rings (SSSR count). The van der Waals surface area contributed by atoms with Gasteiger partial charge >= 0.3 is 0 Å². The molecule has 1 aliphatic rings. The maximum Gasteiger partial charge on any atom is 0.249 e. The number of ether oxygens (including phenoxy) is 1. The summed E-state index contributed by atoms with van der Waals surface area (Å²) in [7, 11) is 5.80. The van der Waals surface area contributed by atoms with Crippen LogP contribution < -0.4 is 16.0 Å². The Bertz CT molecular complexity index is 481. The van der Waals surface area contributed by atoms with Gasteiger partial charge in [0.25, 0.3) is 0 Å². The molecule has 1 amide bonds. The number of hydrogen-bond donors (Lipinski definition) is 2. The summed E-state index contributed by atoms with van der Waals surface area (Å²) in [5.41, 5.74) is 6.49. The molecule has 1 fully saturated rings. The first-order valence-corrected chi connectivity index (χ1v) is 6.84. The SMILES string of the molecule is CN(C)c1ncc(CNC(=O)[C@@H]2CC[C@H](CN)O2)n1C.Cl.Cl. The average Bonchev–Trinajstić information content (AvgIpc) is 3.02. The predicted octanol–water partition coefficient (Wildman–Crippen LogP) is 0.452. The van der Waals surface area contributed by atoms with Crippen LogP contribution in [-0.4, -0.2) is 48.3 Å². The van der Waals surface area contributed by atoms with E-state index in [1.807, 2.05) is 30.6 Å². The van der Waals surface area contributed by atoms with Crippen molar-refractivity contribution in [3.05, 3.63) is 11.9 Å². The average molecular weight is 354 g/mol. The van der Waals surface area contributed by atoms with Crippen LogP contribution in [0.2, 0.25) is 0 Å². The number of nitrogens with two attached hydrogens (primary N) is 1. The van der Waals surface area contributed by atoms with E-state index in [2.05, 4.69) is 10.3 Å². The van der Waals surface area contributed by atoms with Crippen LogP contribution in [0.3, 0.4) is 0 Å². The molecule has 9 heteroatoms. The number of anilines is 1. The molecule has 0 unspecified atom stereocenters. The van der Waals surface area contributed by atoms with Gasteiger partial charge in [0.05, 0.1) is 24.5 Å². The molecule has 1 saturated heterocycles. The van der Waals surface area contributed by atoms with E-state index in [0.717, 1.165) is 24.5 Å². The van der Waals surface area contributed by atoms with Crippen molar-refractivity contribution >= 4 is 36.7 Å². The lowest BCUT2D eigenvalue weighted by Gasteiger charge is -2.14. The first-order chi connectivity index (χ1) is 9.52. The van der Waals surface area contributed by atoms with Crippen molar-refractivity contribution in [1.29, 1.82) is 0 Å². The zero-order valence-electron chi connectivity index (χ0n) is 13.1. The smallest absolute Gasteiger partial charge is 0.249 e. The zero-order chi connectivity index (χ0) is 14.7. The normalized spacial score (nSPS) is 20.0. The molecule has 1 aliphatic heterocycles. The first-order valence-electron chi connectivity index (χ1n) is 6.84. The minimum absolute atomic E-state index is 0. The molecule has 0 spiro atoms. The number of amides is 1.